The highest BCUT2D eigenvalue weighted by Gasteiger charge is 2.35. The van der Waals surface area contributed by atoms with E-state index in [9.17, 15) is 19.2 Å². The second kappa shape index (κ2) is 11.3. The zero-order chi connectivity index (χ0) is 22.5. The number of carbonyl (C=O) groups excluding carboxylic acids is 4. The Labute approximate surface area is 197 Å². The summed E-state index contributed by atoms with van der Waals surface area (Å²) in [6.45, 7) is 6.11. The van der Waals surface area contributed by atoms with Crippen molar-refractivity contribution in [2.24, 2.45) is 0 Å². The van der Waals surface area contributed by atoms with Gasteiger partial charge in [-0.05, 0) is 0 Å². The van der Waals surface area contributed by atoms with Gasteiger partial charge in [-0.1, -0.05) is 0 Å². The zero-order valence-corrected chi connectivity index (χ0v) is 20.1. The maximum absolute atomic E-state index is 12.6. The molecule has 4 rings (SSSR count). The SMILES string of the molecule is O=C1CN(CCN2CC(=O)N(CN3CCSCC3)C(=O)C2)CC(=O)N1CN1CCSCC1. The molecular weight excluding hydrogens is 452 g/mol. The number of hydrogen-bond acceptors (Lipinski definition) is 10. The maximum atomic E-state index is 12.6. The van der Waals surface area contributed by atoms with Crippen molar-refractivity contribution in [1.82, 2.24) is 29.4 Å². The number of hydrogen-bond donors (Lipinski definition) is 0. The Hall–Kier alpha value is -1.18. The van der Waals surface area contributed by atoms with Crippen LogP contribution in [0.25, 0.3) is 0 Å². The highest BCUT2D eigenvalue weighted by Crippen LogP contribution is 2.14. The number of amides is 4. The summed E-state index contributed by atoms with van der Waals surface area (Å²) in [7, 11) is 0. The fourth-order valence-electron chi connectivity index (χ4n) is 4.30. The second-order valence-corrected chi connectivity index (χ2v) is 11.0. The zero-order valence-electron chi connectivity index (χ0n) is 18.4. The van der Waals surface area contributed by atoms with Crippen LogP contribution >= 0.6 is 23.5 Å². The predicted molar refractivity (Wildman–Crippen MR) is 124 cm³/mol. The Balaban J connectivity index is 1.21. The molecule has 4 aliphatic rings. The van der Waals surface area contributed by atoms with Gasteiger partial charge in [-0.25, -0.2) is 0 Å². The smallest absolute Gasteiger partial charge is 0.244 e. The van der Waals surface area contributed by atoms with E-state index >= 15 is 0 Å². The molecule has 10 nitrogen and oxygen atoms in total. The minimum atomic E-state index is -0.170. The van der Waals surface area contributed by atoms with E-state index in [-0.39, 0.29) is 49.8 Å². The number of carbonyl (C=O) groups is 4. The molecule has 4 amide bonds. The van der Waals surface area contributed by atoms with Crippen LogP contribution in [0.2, 0.25) is 0 Å². The Morgan fingerprint density at radius 3 is 1.12 bits per heavy atom. The number of thioether (sulfide) groups is 2. The molecule has 4 fully saturated rings. The quantitative estimate of drug-likeness (QED) is 0.391. The fraction of sp³-hybridized carbons (Fsp3) is 0.800. The fourth-order valence-corrected chi connectivity index (χ4v) is 6.25. The summed E-state index contributed by atoms with van der Waals surface area (Å²) >= 11 is 3.79. The summed E-state index contributed by atoms with van der Waals surface area (Å²) in [5.41, 5.74) is 0. The van der Waals surface area contributed by atoms with E-state index in [1.165, 1.54) is 9.80 Å². The van der Waals surface area contributed by atoms with E-state index in [0.717, 1.165) is 49.2 Å². The molecule has 0 N–H and O–H groups in total. The molecule has 0 aromatic rings. The number of imide groups is 2. The lowest BCUT2D eigenvalue weighted by Crippen LogP contribution is -2.60. The third-order valence-electron chi connectivity index (χ3n) is 6.26. The third kappa shape index (κ3) is 6.23. The van der Waals surface area contributed by atoms with Crippen LogP contribution < -0.4 is 0 Å². The van der Waals surface area contributed by atoms with E-state index in [2.05, 4.69) is 9.80 Å². The summed E-state index contributed by atoms with van der Waals surface area (Å²) in [5, 5.41) is 0. The van der Waals surface area contributed by atoms with Crippen molar-refractivity contribution in [3.63, 3.8) is 0 Å². The summed E-state index contributed by atoms with van der Waals surface area (Å²) < 4.78 is 0. The van der Waals surface area contributed by atoms with E-state index in [0.29, 0.717) is 26.4 Å². The molecule has 0 aromatic heterocycles. The molecule has 0 radical (unpaired) electrons. The standard InChI is InChI=1S/C20H32N6O4S2/c27-17-11-23(12-18(28)25(17)15-21-3-7-31-8-4-21)1-2-24-13-19(29)26(20(30)14-24)16-22-5-9-32-10-6-22/h1-16H2. The molecule has 4 saturated heterocycles. The molecule has 0 aliphatic carbocycles. The van der Waals surface area contributed by atoms with Gasteiger partial charge in [0.2, 0.25) is 23.6 Å². The normalized spacial score (nSPS) is 25.8. The lowest BCUT2D eigenvalue weighted by molar-refractivity contribution is -0.157. The number of piperazine rings is 2. The number of nitrogens with zero attached hydrogens (tertiary/aromatic N) is 6. The van der Waals surface area contributed by atoms with Crippen molar-refractivity contribution in [2.75, 3.05) is 102 Å². The third-order valence-corrected chi connectivity index (χ3v) is 8.15. The van der Waals surface area contributed by atoms with Crippen molar-refractivity contribution in [2.45, 2.75) is 0 Å². The van der Waals surface area contributed by atoms with E-state index in [1.54, 1.807) is 0 Å². The van der Waals surface area contributed by atoms with Gasteiger partial charge in [0.15, 0.2) is 0 Å². The molecule has 0 spiro atoms. The first-order valence-electron chi connectivity index (χ1n) is 11.2. The van der Waals surface area contributed by atoms with E-state index in [4.69, 9.17) is 0 Å². The minimum Gasteiger partial charge on any atom is -0.284 e. The molecule has 0 atom stereocenters. The van der Waals surface area contributed by atoms with Gasteiger partial charge in [0.1, 0.15) is 0 Å². The highest BCUT2D eigenvalue weighted by molar-refractivity contribution is 7.99. The molecule has 0 aromatic carbocycles. The summed E-state index contributed by atoms with van der Waals surface area (Å²) in [4.78, 5) is 61.0. The lowest BCUT2D eigenvalue weighted by atomic mass is 10.2. The van der Waals surface area contributed by atoms with Crippen molar-refractivity contribution < 1.29 is 19.2 Å². The van der Waals surface area contributed by atoms with Gasteiger partial charge in [-0.15, -0.1) is 0 Å². The van der Waals surface area contributed by atoms with Crippen LogP contribution in [-0.2, 0) is 19.2 Å². The molecule has 0 unspecified atom stereocenters. The second-order valence-electron chi connectivity index (χ2n) is 8.60. The molecular formula is C20H32N6O4S2. The molecule has 4 heterocycles. The van der Waals surface area contributed by atoms with Gasteiger partial charge in [0.05, 0.1) is 39.5 Å². The van der Waals surface area contributed by atoms with Crippen LogP contribution in [0.3, 0.4) is 0 Å². The largest absolute Gasteiger partial charge is 0.284 e. The monoisotopic (exact) mass is 484 g/mol. The van der Waals surface area contributed by atoms with Crippen LogP contribution in [-0.4, -0.2) is 155 Å². The first-order chi connectivity index (χ1) is 15.5. The van der Waals surface area contributed by atoms with Gasteiger partial charge < -0.3 is 0 Å². The van der Waals surface area contributed by atoms with Crippen LogP contribution in [0.5, 0.6) is 0 Å². The topological polar surface area (TPSA) is 87.7 Å². The minimum absolute atomic E-state index is 0.170. The van der Waals surface area contributed by atoms with Crippen molar-refractivity contribution in [1.29, 1.82) is 0 Å². The van der Waals surface area contributed by atoms with Gasteiger partial charge in [-0.3, -0.25) is 48.6 Å². The van der Waals surface area contributed by atoms with Gasteiger partial charge >= 0.3 is 0 Å². The van der Waals surface area contributed by atoms with Gasteiger partial charge in [-0.2, -0.15) is 23.5 Å². The van der Waals surface area contributed by atoms with Crippen LogP contribution in [0.15, 0.2) is 0 Å². The van der Waals surface area contributed by atoms with Crippen LogP contribution in [0.4, 0.5) is 0 Å². The highest BCUT2D eigenvalue weighted by atomic mass is 32.2. The van der Waals surface area contributed by atoms with E-state index < -0.39 is 0 Å². The van der Waals surface area contributed by atoms with E-state index in [1.807, 2.05) is 33.3 Å². The molecule has 4 aliphatic heterocycles. The average molecular weight is 485 g/mol. The van der Waals surface area contributed by atoms with Crippen LogP contribution in [0.1, 0.15) is 0 Å². The molecule has 12 heteroatoms. The summed E-state index contributed by atoms with van der Waals surface area (Å²) in [6, 6.07) is 0. The Morgan fingerprint density at radius 2 is 0.812 bits per heavy atom. The average Bonchev–Trinajstić information content (AvgIpc) is 2.79. The molecule has 0 bridgehead atoms. The van der Waals surface area contributed by atoms with Crippen molar-refractivity contribution in [3.05, 3.63) is 0 Å². The lowest BCUT2D eigenvalue weighted by Gasteiger charge is -2.39. The van der Waals surface area contributed by atoms with Crippen molar-refractivity contribution >= 4 is 47.2 Å². The maximum Gasteiger partial charge on any atom is 0.244 e. The predicted octanol–water partition coefficient (Wildman–Crippen LogP) is -1.66. The molecule has 178 valence electrons. The summed E-state index contributed by atoms with van der Waals surface area (Å²) in [5.74, 6) is 3.45. The Morgan fingerprint density at radius 1 is 0.500 bits per heavy atom. The first kappa shape index (κ1) is 24.0. The first-order valence-corrected chi connectivity index (χ1v) is 13.5. The molecule has 0 saturated carbocycles. The number of rotatable bonds is 7. The Bertz CT molecular complexity index is 633. The van der Waals surface area contributed by atoms with Crippen molar-refractivity contribution in [3.8, 4) is 0 Å². The van der Waals surface area contributed by atoms with Crippen LogP contribution in [0, 0.1) is 0 Å². The Kier molecular flexibility index (Phi) is 8.46. The van der Waals surface area contributed by atoms with Gasteiger partial charge in [0.25, 0.3) is 0 Å². The molecule has 32 heavy (non-hydrogen) atoms. The van der Waals surface area contributed by atoms with Gasteiger partial charge in [0, 0.05) is 62.3 Å². The summed E-state index contributed by atoms with van der Waals surface area (Å²) in [6.07, 6.45) is 0.